The van der Waals surface area contributed by atoms with E-state index in [1.807, 2.05) is 12.1 Å². The molecule has 3 aromatic rings. The van der Waals surface area contributed by atoms with E-state index in [4.69, 9.17) is 40.2 Å². The number of rotatable bonds is 5. The summed E-state index contributed by atoms with van der Waals surface area (Å²) < 4.78 is 34.3. The van der Waals surface area contributed by atoms with Gasteiger partial charge in [0.1, 0.15) is 16.4 Å². The first kappa shape index (κ1) is 26.9. The van der Waals surface area contributed by atoms with Gasteiger partial charge in [0.15, 0.2) is 5.11 Å². The zero-order valence-electron chi connectivity index (χ0n) is 19.2. The zero-order valence-corrected chi connectivity index (χ0v) is 22.4. The van der Waals surface area contributed by atoms with Gasteiger partial charge in [-0.2, -0.15) is 9.57 Å². The minimum Gasteiger partial charge on any atom is -0.456 e. The summed E-state index contributed by atoms with van der Waals surface area (Å²) >= 11 is 17.5. The second-order valence-electron chi connectivity index (χ2n) is 8.00. The Hall–Kier alpha value is -3.20. The predicted octanol–water partition coefficient (Wildman–Crippen LogP) is 4.68. The van der Waals surface area contributed by atoms with Crippen LogP contribution in [0.5, 0.6) is 11.5 Å². The number of carbonyl (C=O) groups excluding carboxylic acids is 1. The van der Waals surface area contributed by atoms with Gasteiger partial charge in [-0.15, -0.1) is 0 Å². The molecule has 1 N–H and O–H groups in total. The maximum Gasteiger partial charge on any atom is 0.257 e. The van der Waals surface area contributed by atoms with E-state index in [2.05, 4.69) is 5.32 Å². The molecule has 1 heterocycles. The minimum atomic E-state index is -4.05. The van der Waals surface area contributed by atoms with Crippen molar-refractivity contribution in [3.63, 3.8) is 0 Å². The molecule has 8 nitrogen and oxygen atoms in total. The fourth-order valence-corrected chi connectivity index (χ4v) is 6.03. The van der Waals surface area contributed by atoms with Crippen LogP contribution in [-0.4, -0.2) is 54.8 Å². The van der Waals surface area contributed by atoms with Gasteiger partial charge in [0.25, 0.3) is 5.91 Å². The van der Waals surface area contributed by atoms with Crippen molar-refractivity contribution >= 4 is 56.5 Å². The molecule has 0 aromatic heterocycles. The Labute approximate surface area is 230 Å². The number of ether oxygens (including phenoxy) is 1. The molecule has 4 rings (SSSR count). The summed E-state index contributed by atoms with van der Waals surface area (Å²) in [6.45, 7) is 0.766. The van der Waals surface area contributed by atoms with Crippen molar-refractivity contribution in [2.45, 2.75) is 4.90 Å². The number of amides is 1. The Kier molecular flexibility index (Phi) is 8.32. The van der Waals surface area contributed by atoms with E-state index < -0.39 is 10.0 Å². The molecule has 3 aromatic carbocycles. The maximum absolute atomic E-state index is 13.6. The van der Waals surface area contributed by atoms with Gasteiger partial charge in [0.2, 0.25) is 10.0 Å². The van der Waals surface area contributed by atoms with E-state index in [-0.39, 0.29) is 59.2 Å². The number of sulfonamides is 1. The van der Waals surface area contributed by atoms with Gasteiger partial charge in [-0.1, -0.05) is 41.4 Å². The molecule has 1 aliphatic rings. The highest BCUT2D eigenvalue weighted by Crippen LogP contribution is 2.34. The number of hydrogen-bond donors (Lipinski definition) is 1. The Bertz CT molecular complexity index is 1470. The van der Waals surface area contributed by atoms with E-state index in [1.54, 1.807) is 29.2 Å². The molecule has 1 aliphatic heterocycles. The van der Waals surface area contributed by atoms with Crippen LogP contribution in [0, 0.1) is 11.3 Å². The normalized spacial score (nSPS) is 14.0. The van der Waals surface area contributed by atoms with Crippen LogP contribution in [-0.2, 0) is 10.0 Å². The van der Waals surface area contributed by atoms with Crippen LogP contribution in [0.4, 0.5) is 0 Å². The van der Waals surface area contributed by atoms with E-state index in [0.717, 1.165) is 0 Å². The molecular weight excluding hydrogens is 555 g/mol. The lowest BCUT2D eigenvalue weighted by Crippen LogP contribution is -2.53. The third-order valence-corrected chi connectivity index (χ3v) is 8.25. The van der Waals surface area contributed by atoms with Crippen molar-refractivity contribution in [2.75, 3.05) is 26.2 Å². The smallest absolute Gasteiger partial charge is 0.257 e. The highest BCUT2D eigenvalue weighted by molar-refractivity contribution is 7.89. The Balaban J connectivity index is 1.50. The highest BCUT2D eigenvalue weighted by Gasteiger charge is 2.32. The average Bonchev–Trinajstić information content (AvgIpc) is 2.88. The van der Waals surface area contributed by atoms with E-state index in [1.165, 1.54) is 40.7 Å². The topological polar surface area (TPSA) is 103 Å². The molecule has 0 bridgehead atoms. The summed E-state index contributed by atoms with van der Waals surface area (Å²) in [5.74, 6) is -0.0507. The molecule has 190 valence electrons. The Morgan fingerprint density at radius 2 is 1.62 bits per heavy atom. The van der Waals surface area contributed by atoms with Crippen LogP contribution in [0.15, 0.2) is 71.6 Å². The van der Waals surface area contributed by atoms with Gasteiger partial charge < -0.3 is 9.64 Å². The average molecular weight is 575 g/mol. The number of nitrogens with zero attached hydrogens (tertiary/aromatic N) is 3. The summed E-state index contributed by atoms with van der Waals surface area (Å²) in [4.78, 5) is 14.0. The predicted molar refractivity (Wildman–Crippen MR) is 145 cm³/mol. The third kappa shape index (κ3) is 6.39. The van der Waals surface area contributed by atoms with Crippen LogP contribution in [0.25, 0.3) is 0 Å². The standard InChI is InChI=1S/C25H20Cl2N4O4S2/c26-19-13-20(27)15-21(14-19)35-22-7-6-17(16-28)12-23(22)37(33,34)31-10-8-30(9-11-31)25(36)29-24(32)18-4-2-1-3-5-18/h1-7,12-15H,8-11H2,(H,29,32,36). The fourth-order valence-electron chi connectivity index (χ4n) is 3.69. The van der Waals surface area contributed by atoms with Crippen molar-refractivity contribution in [1.82, 2.24) is 14.5 Å². The van der Waals surface area contributed by atoms with Crippen LogP contribution in [0.1, 0.15) is 15.9 Å². The first-order valence-electron chi connectivity index (χ1n) is 11.0. The summed E-state index contributed by atoms with van der Waals surface area (Å²) in [5.41, 5.74) is 0.635. The van der Waals surface area contributed by atoms with Gasteiger partial charge in [-0.3, -0.25) is 10.1 Å². The number of benzene rings is 3. The van der Waals surface area contributed by atoms with E-state index in [0.29, 0.717) is 15.6 Å². The molecule has 1 amide bonds. The number of nitriles is 1. The second-order valence-corrected chi connectivity index (χ2v) is 11.2. The van der Waals surface area contributed by atoms with Gasteiger partial charge in [0, 0.05) is 41.8 Å². The van der Waals surface area contributed by atoms with E-state index >= 15 is 0 Å². The Morgan fingerprint density at radius 3 is 2.24 bits per heavy atom. The molecule has 1 fully saturated rings. The van der Waals surface area contributed by atoms with Gasteiger partial charge in [0.05, 0.1) is 11.6 Å². The highest BCUT2D eigenvalue weighted by atomic mass is 35.5. The summed E-state index contributed by atoms with van der Waals surface area (Å²) in [5, 5.41) is 12.9. The van der Waals surface area contributed by atoms with Crippen LogP contribution >= 0.6 is 35.4 Å². The molecule has 0 atom stereocenters. The fraction of sp³-hybridized carbons (Fsp3) is 0.160. The zero-order chi connectivity index (χ0) is 26.6. The second kappa shape index (κ2) is 11.5. The van der Waals surface area contributed by atoms with Crippen molar-refractivity contribution < 1.29 is 17.9 Å². The van der Waals surface area contributed by atoms with Crippen molar-refractivity contribution in [1.29, 1.82) is 5.26 Å². The quantitative estimate of drug-likeness (QED) is 0.441. The van der Waals surface area contributed by atoms with Crippen LogP contribution in [0.2, 0.25) is 10.0 Å². The molecule has 37 heavy (non-hydrogen) atoms. The molecule has 0 aliphatic carbocycles. The molecule has 0 unspecified atom stereocenters. The molecule has 0 saturated carbocycles. The first-order valence-corrected chi connectivity index (χ1v) is 13.6. The summed E-state index contributed by atoms with van der Waals surface area (Å²) in [7, 11) is -4.05. The lowest BCUT2D eigenvalue weighted by atomic mass is 10.2. The van der Waals surface area contributed by atoms with Crippen LogP contribution < -0.4 is 10.1 Å². The lowest BCUT2D eigenvalue weighted by Gasteiger charge is -2.35. The first-order chi connectivity index (χ1) is 17.7. The third-order valence-electron chi connectivity index (χ3n) is 5.54. The Morgan fingerprint density at radius 1 is 0.973 bits per heavy atom. The summed E-state index contributed by atoms with van der Waals surface area (Å²) in [6, 6.07) is 19.3. The number of carbonyl (C=O) groups is 1. The minimum absolute atomic E-state index is 0.0328. The monoisotopic (exact) mass is 574 g/mol. The van der Waals surface area contributed by atoms with E-state index in [9.17, 15) is 18.5 Å². The SMILES string of the molecule is N#Cc1ccc(Oc2cc(Cl)cc(Cl)c2)c(S(=O)(=O)N2CCN(C(=S)NC(=O)c3ccccc3)CC2)c1. The molecule has 0 spiro atoms. The van der Waals surface area contributed by atoms with Crippen molar-refractivity contribution in [2.24, 2.45) is 0 Å². The van der Waals surface area contributed by atoms with Gasteiger partial charge >= 0.3 is 0 Å². The van der Waals surface area contributed by atoms with Crippen LogP contribution in [0.3, 0.4) is 0 Å². The summed E-state index contributed by atoms with van der Waals surface area (Å²) in [6.07, 6.45) is 0. The van der Waals surface area contributed by atoms with Crippen molar-refractivity contribution in [3.8, 4) is 17.6 Å². The van der Waals surface area contributed by atoms with Crippen molar-refractivity contribution in [3.05, 3.63) is 87.9 Å². The molecule has 0 radical (unpaired) electrons. The number of nitrogens with one attached hydrogen (secondary N) is 1. The molecule has 1 saturated heterocycles. The number of hydrogen-bond acceptors (Lipinski definition) is 6. The number of piperazine rings is 1. The molecular formula is C25H20Cl2N4O4S2. The van der Waals surface area contributed by atoms with Gasteiger partial charge in [-0.05, 0) is 60.7 Å². The lowest BCUT2D eigenvalue weighted by molar-refractivity contribution is 0.0971. The molecule has 12 heteroatoms. The largest absolute Gasteiger partial charge is 0.456 e. The number of halogens is 2. The number of thiocarbonyl (C=S) groups is 1. The maximum atomic E-state index is 13.6. The van der Waals surface area contributed by atoms with Gasteiger partial charge in [-0.25, -0.2) is 8.42 Å².